The van der Waals surface area contributed by atoms with Crippen LogP contribution < -0.4 is 5.32 Å². The van der Waals surface area contributed by atoms with E-state index in [1.54, 1.807) is 0 Å². The number of carbonyl (C=O) groups excluding carboxylic acids is 1. The van der Waals surface area contributed by atoms with Gasteiger partial charge in [0.25, 0.3) is 21.6 Å². The largest absolute Gasteiger partial charge is 0.438 e. The monoisotopic (exact) mass is 415 g/mol. The van der Waals surface area contributed by atoms with Crippen molar-refractivity contribution < 1.29 is 27.3 Å². The summed E-state index contributed by atoms with van der Waals surface area (Å²) in [6, 6.07) is 6.14. The topological polar surface area (TPSA) is 132 Å². The fourth-order valence-corrected chi connectivity index (χ4v) is 3.92. The molecule has 1 saturated heterocycles. The molecule has 1 aromatic carbocycles. The number of rotatable bonds is 5. The Morgan fingerprint density at radius 3 is 2.59 bits per heavy atom. The molecule has 0 bridgehead atoms. The lowest BCUT2D eigenvalue weighted by atomic mass is 10.2. The van der Waals surface area contributed by atoms with Gasteiger partial charge in [-0.2, -0.15) is 4.31 Å². The van der Waals surface area contributed by atoms with Crippen molar-refractivity contribution in [2.75, 3.05) is 31.6 Å². The quantitative estimate of drug-likeness (QED) is 0.584. The van der Waals surface area contributed by atoms with Crippen LogP contribution in [0.15, 0.2) is 39.8 Å². The van der Waals surface area contributed by atoms with Gasteiger partial charge in [-0.25, -0.2) is 8.42 Å². The van der Waals surface area contributed by atoms with Gasteiger partial charge in [0.15, 0.2) is 5.76 Å². The van der Waals surface area contributed by atoms with Crippen molar-refractivity contribution in [3.8, 4) is 0 Å². The number of benzene rings is 1. The highest BCUT2D eigenvalue weighted by molar-refractivity contribution is 7.89. The van der Waals surface area contributed by atoms with Crippen LogP contribution in [0.4, 0.5) is 11.4 Å². The summed E-state index contributed by atoms with van der Waals surface area (Å²) < 4.78 is 36.5. The molecule has 0 spiro atoms. The van der Waals surface area contributed by atoms with Crippen LogP contribution in [0.25, 0.3) is 0 Å². The third-order valence-electron chi connectivity index (χ3n) is 3.77. The molecule has 10 nitrogen and oxygen atoms in total. The summed E-state index contributed by atoms with van der Waals surface area (Å²) in [7, 11) is -3.87. The minimum atomic E-state index is -3.87. The fraction of sp³-hybridized carbons (Fsp3) is 0.267. The molecule has 27 heavy (non-hydrogen) atoms. The first-order chi connectivity index (χ1) is 12.8. The molecule has 2 heterocycles. The third-order valence-corrected chi connectivity index (χ3v) is 5.86. The minimum absolute atomic E-state index is 0.0742. The van der Waals surface area contributed by atoms with E-state index in [4.69, 9.17) is 20.8 Å². The van der Waals surface area contributed by atoms with Crippen LogP contribution in [0.1, 0.15) is 10.6 Å². The number of amides is 1. The Labute approximate surface area is 158 Å². The number of morpholine rings is 1. The number of carbonyl (C=O) groups is 1. The van der Waals surface area contributed by atoms with Crippen molar-refractivity contribution in [1.29, 1.82) is 0 Å². The van der Waals surface area contributed by atoms with Crippen molar-refractivity contribution in [1.82, 2.24) is 4.31 Å². The van der Waals surface area contributed by atoms with Crippen LogP contribution in [0.5, 0.6) is 0 Å². The van der Waals surface area contributed by atoms with Crippen molar-refractivity contribution in [2.24, 2.45) is 0 Å². The Morgan fingerprint density at radius 2 is 1.93 bits per heavy atom. The number of nitro benzene ring substituents is 1. The zero-order valence-electron chi connectivity index (χ0n) is 13.8. The molecular weight excluding hydrogens is 402 g/mol. The first kappa shape index (κ1) is 19.3. The number of nitro groups is 1. The summed E-state index contributed by atoms with van der Waals surface area (Å²) in [6.07, 6.45) is 0. The standard InChI is InChI=1S/C15H14ClN3O7S/c16-11-2-1-10(9-12(11)19(21)22)17-15(20)13-3-4-14(26-13)27(23,24)18-5-7-25-8-6-18/h1-4,9H,5-8H2,(H,17,20). The molecule has 1 fully saturated rings. The number of furan rings is 1. The Kier molecular flexibility index (Phi) is 5.46. The number of nitrogens with one attached hydrogen (secondary N) is 1. The first-order valence-corrected chi connectivity index (χ1v) is 9.54. The lowest BCUT2D eigenvalue weighted by molar-refractivity contribution is -0.384. The summed E-state index contributed by atoms with van der Waals surface area (Å²) in [4.78, 5) is 22.5. The van der Waals surface area contributed by atoms with E-state index in [9.17, 15) is 23.3 Å². The molecule has 1 amide bonds. The molecule has 12 heteroatoms. The molecule has 1 aliphatic heterocycles. The number of halogens is 1. The van der Waals surface area contributed by atoms with Gasteiger partial charge >= 0.3 is 0 Å². The normalized spacial score (nSPS) is 15.4. The van der Waals surface area contributed by atoms with E-state index < -0.39 is 20.9 Å². The van der Waals surface area contributed by atoms with Crippen LogP contribution in [-0.2, 0) is 14.8 Å². The molecular formula is C15H14ClN3O7S. The van der Waals surface area contributed by atoms with Gasteiger partial charge in [0.2, 0.25) is 5.09 Å². The minimum Gasteiger partial charge on any atom is -0.438 e. The lowest BCUT2D eigenvalue weighted by Crippen LogP contribution is -2.40. The predicted octanol–water partition coefficient (Wildman–Crippen LogP) is 2.11. The molecule has 2 aromatic rings. The molecule has 0 atom stereocenters. The van der Waals surface area contributed by atoms with E-state index in [-0.39, 0.29) is 53.6 Å². The number of hydrogen-bond acceptors (Lipinski definition) is 7. The second kappa shape index (κ2) is 7.64. The first-order valence-electron chi connectivity index (χ1n) is 7.72. The number of nitrogens with zero attached hydrogens (tertiary/aromatic N) is 2. The Morgan fingerprint density at radius 1 is 1.22 bits per heavy atom. The molecule has 0 unspecified atom stereocenters. The molecule has 3 rings (SSSR count). The average Bonchev–Trinajstić information content (AvgIpc) is 3.15. The van der Waals surface area contributed by atoms with Crippen molar-refractivity contribution in [2.45, 2.75) is 5.09 Å². The van der Waals surface area contributed by atoms with Gasteiger partial charge in [-0.1, -0.05) is 11.6 Å². The number of sulfonamides is 1. The highest BCUT2D eigenvalue weighted by Crippen LogP contribution is 2.28. The van der Waals surface area contributed by atoms with E-state index in [2.05, 4.69) is 5.32 Å². The highest BCUT2D eigenvalue weighted by Gasteiger charge is 2.30. The maximum absolute atomic E-state index is 12.5. The predicted molar refractivity (Wildman–Crippen MR) is 94.3 cm³/mol. The maximum Gasteiger partial charge on any atom is 0.291 e. The smallest absolute Gasteiger partial charge is 0.291 e. The lowest BCUT2D eigenvalue weighted by Gasteiger charge is -2.24. The molecule has 0 aliphatic carbocycles. The summed E-state index contributed by atoms with van der Waals surface area (Å²) in [5, 5.41) is 12.9. The second-order valence-corrected chi connectivity index (χ2v) is 7.79. The number of hydrogen-bond donors (Lipinski definition) is 1. The Hall–Kier alpha value is -2.47. The van der Waals surface area contributed by atoms with Crippen molar-refractivity contribution in [3.63, 3.8) is 0 Å². The van der Waals surface area contributed by atoms with E-state index in [1.807, 2.05) is 0 Å². The van der Waals surface area contributed by atoms with Gasteiger partial charge in [0.1, 0.15) is 5.02 Å². The van der Waals surface area contributed by atoms with Crippen LogP contribution in [0, 0.1) is 10.1 Å². The average molecular weight is 416 g/mol. The van der Waals surface area contributed by atoms with Gasteiger partial charge in [-0.05, 0) is 24.3 Å². The van der Waals surface area contributed by atoms with Gasteiger partial charge in [-0.15, -0.1) is 0 Å². The SMILES string of the molecule is O=C(Nc1ccc(Cl)c([N+](=O)[O-])c1)c1ccc(S(=O)(=O)N2CCOCC2)o1. The summed E-state index contributed by atoms with van der Waals surface area (Å²) >= 11 is 5.72. The molecule has 1 aliphatic rings. The van der Waals surface area contributed by atoms with Gasteiger partial charge in [0.05, 0.1) is 18.1 Å². The molecule has 1 N–H and O–H groups in total. The van der Waals surface area contributed by atoms with E-state index >= 15 is 0 Å². The van der Waals surface area contributed by atoms with Crippen LogP contribution in [0.3, 0.4) is 0 Å². The molecule has 1 aromatic heterocycles. The van der Waals surface area contributed by atoms with Crippen LogP contribution >= 0.6 is 11.6 Å². The molecule has 0 radical (unpaired) electrons. The van der Waals surface area contributed by atoms with E-state index in [0.717, 1.165) is 6.07 Å². The second-order valence-electron chi connectivity index (χ2n) is 5.51. The van der Waals surface area contributed by atoms with E-state index in [1.165, 1.54) is 28.6 Å². The zero-order chi connectivity index (χ0) is 19.6. The highest BCUT2D eigenvalue weighted by atomic mass is 35.5. The fourth-order valence-electron chi connectivity index (χ4n) is 2.42. The number of ether oxygens (including phenoxy) is 1. The Balaban J connectivity index is 1.77. The summed E-state index contributed by atoms with van der Waals surface area (Å²) in [5.74, 6) is -1.01. The third kappa shape index (κ3) is 4.11. The van der Waals surface area contributed by atoms with Gasteiger partial charge < -0.3 is 14.5 Å². The Bertz CT molecular complexity index is 983. The van der Waals surface area contributed by atoms with Crippen LogP contribution in [-0.4, -0.2) is 49.9 Å². The van der Waals surface area contributed by atoms with Gasteiger partial charge in [0, 0.05) is 24.8 Å². The zero-order valence-corrected chi connectivity index (χ0v) is 15.3. The van der Waals surface area contributed by atoms with Crippen molar-refractivity contribution >= 4 is 38.9 Å². The molecule has 0 saturated carbocycles. The van der Waals surface area contributed by atoms with Gasteiger partial charge in [-0.3, -0.25) is 14.9 Å². The maximum atomic E-state index is 12.5. The van der Waals surface area contributed by atoms with E-state index in [0.29, 0.717) is 0 Å². The summed E-state index contributed by atoms with van der Waals surface area (Å²) in [5.41, 5.74) is -0.255. The van der Waals surface area contributed by atoms with Crippen LogP contribution in [0.2, 0.25) is 5.02 Å². The number of anilines is 1. The van der Waals surface area contributed by atoms with Crippen molar-refractivity contribution in [3.05, 3.63) is 51.2 Å². The summed E-state index contributed by atoms with van der Waals surface area (Å²) in [6.45, 7) is 0.948. The molecule has 144 valence electrons.